The number of amides is 1. The lowest BCUT2D eigenvalue weighted by Gasteiger charge is -2.39. The SMILES string of the molecule is CC1CC(NC(=NCC(=O)N(C)C)NC2CC3CCC2C3)CCN1Cc1ccccc1. The predicted molar refractivity (Wildman–Crippen MR) is 126 cm³/mol. The van der Waals surface area contributed by atoms with Crippen molar-refractivity contribution in [2.24, 2.45) is 16.8 Å². The molecule has 1 amide bonds. The second kappa shape index (κ2) is 10.0. The number of likely N-dealkylation sites (tertiary alicyclic amines) is 1. The second-order valence-corrected chi connectivity index (χ2v) is 10.0. The average Bonchev–Trinajstić information content (AvgIpc) is 3.37. The minimum absolute atomic E-state index is 0.0418. The molecule has 2 aliphatic carbocycles. The molecule has 5 atom stereocenters. The number of hydrogen-bond donors (Lipinski definition) is 2. The molecular formula is C25H39N5O. The number of aliphatic imine (C=N–C) groups is 1. The van der Waals surface area contributed by atoms with Gasteiger partial charge in [0.2, 0.25) is 5.91 Å². The quantitative estimate of drug-likeness (QED) is 0.544. The highest BCUT2D eigenvalue weighted by Gasteiger charge is 2.40. The molecule has 1 aliphatic heterocycles. The second-order valence-electron chi connectivity index (χ2n) is 10.0. The monoisotopic (exact) mass is 425 g/mol. The molecular weight excluding hydrogens is 386 g/mol. The summed E-state index contributed by atoms with van der Waals surface area (Å²) in [6.07, 6.45) is 7.51. The van der Waals surface area contributed by atoms with Crippen LogP contribution in [-0.4, -0.2) is 67.0 Å². The normalized spacial score (nSPS) is 30.9. The highest BCUT2D eigenvalue weighted by Crippen LogP contribution is 2.44. The Bertz CT molecular complexity index is 764. The zero-order chi connectivity index (χ0) is 21.8. The molecule has 3 aliphatic rings. The van der Waals surface area contributed by atoms with Gasteiger partial charge in [-0.2, -0.15) is 0 Å². The van der Waals surface area contributed by atoms with Gasteiger partial charge < -0.3 is 15.5 Å². The molecule has 4 rings (SSSR count). The molecule has 0 spiro atoms. The van der Waals surface area contributed by atoms with Gasteiger partial charge in [0.25, 0.3) is 0 Å². The number of nitrogens with one attached hydrogen (secondary N) is 2. The van der Waals surface area contributed by atoms with E-state index >= 15 is 0 Å². The van der Waals surface area contributed by atoms with Gasteiger partial charge in [0.05, 0.1) is 0 Å². The molecule has 0 aromatic heterocycles. The van der Waals surface area contributed by atoms with Gasteiger partial charge in [-0.05, 0) is 56.4 Å². The zero-order valence-electron chi connectivity index (χ0n) is 19.4. The molecule has 1 aromatic rings. The van der Waals surface area contributed by atoms with Crippen LogP contribution >= 0.6 is 0 Å². The highest BCUT2D eigenvalue weighted by molar-refractivity contribution is 5.85. The summed E-state index contributed by atoms with van der Waals surface area (Å²) in [6.45, 7) is 4.61. The molecule has 0 radical (unpaired) electrons. The summed E-state index contributed by atoms with van der Waals surface area (Å²) >= 11 is 0. The minimum atomic E-state index is 0.0418. The summed E-state index contributed by atoms with van der Waals surface area (Å²) < 4.78 is 0. The van der Waals surface area contributed by atoms with Gasteiger partial charge in [0, 0.05) is 45.3 Å². The predicted octanol–water partition coefficient (Wildman–Crippen LogP) is 2.85. The van der Waals surface area contributed by atoms with Crippen molar-refractivity contribution in [1.29, 1.82) is 0 Å². The Labute approximate surface area is 187 Å². The minimum Gasteiger partial charge on any atom is -0.354 e. The maximum Gasteiger partial charge on any atom is 0.243 e. The molecule has 2 N–H and O–H groups in total. The number of benzene rings is 1. The fraction of sp³-hybridized carbons (Fsp3) is 0.680. The molecule has 3 fully saturated rings. The first kappa shape index (κ1) is 22.1. The van der Waals surface area contributed by atoms with Crippen molar-refractivity contribution in [2.45, 2.75) is 70.1 Å². The molecule has 2 saturated carbocycles. The van der Waals surface area contributed by atoms with Crippen LogP contribution in [0.25, 0.3) is 0 Å². The van der Waals surface area contributed by atoms with E-state index in [1.807, 2.05) is 0 Å². The summed E-state index contributed by atoms with van der Waals surface area (Å²) in [5.74, 6) is 2.53. The van der Waals surface area contributed by atoms with Crippen molar-refractivity contribution in [1.82, 2.24) is 20.4 Å². The maximum atomic E-state index is 12.1. The van der Waals surface area contributed by atoms with Crippen LogP contribution in [0.2, 0.25) is 0 Å². The third-order valence-electron chi connectivity index (χ3n) is 7.51. The molecule has 6 heteroatoms. The molecule has 1 heterocycles. The fourth-order valence-corrected chi connectivity index (χ4v) is 5.62. The molecule has 170 valence electrons. The Kier molecular flexibility index (Phi) is 7.16. The largest absolute Gasteiger partial charge is 0.354 e. The molecule has 1 saturated heterocycles. The van der Waals surface area contributed by atoms with Crippen LogP contribution in [0.5, 0.6) is 0 Å². The van der Waals surface area contributed by atoms with Gasteiger partial charge in [-0.3, -0.25) is 9.69 Å². The Balaban J connectivity index is 1.35. The van der Waals surface area contributed by atoms with E-state index in [0.29, 0.717) is 18.1 Å². The Morgan fingerprint density at radius 3 is 2.55 bits per heavy atom. The molecule has 6 nitrogen and oxygen atoms in total. The van der Waals surface area contributed by atoms with E-state index in [1.54, 1.807) is 19.0 Å². The number of nitrogens with zero attached hydrogens (tertiary/aromatic N) is 3. The zero-order valence-corrected chi connectivity index (χ0v) is 19.4. The Morgan fingerprint density at radius 2 is 1.90 bits per heavy atom. The van der Waals surface area contributed by atoms with Crippen LogP contribution in [0, 0.1) is 11.8 Å². The maximum absolute atomic E-state index is 12.1. The number of hydrogen-bond acceptors (Lipinski definition) is 3. The number of carbonyl (C=O) groups excluding carboxylic acids is 1. The average molecular weight is 426 g/mol. The van der Waals surface area contributed by atoms with E-state index in [0.717, 1.165) is 43.7 Å². The van der Waals surface area contributed by atoms with Crippen LogP contribution in [0.3, 0.4) is 0 Å². The molecule has 1 aromatic carbocycles. The Morgan fingerprint density at radius 1 is 1.10 bits per heavy atom. The summed E-state index contributed by atoms with van der Waals surface area (Å²) in [6, 6.07) is 12.1. The van der Waals surface area contributed by atoms with Crippen molar-refractivity contribution in [3.05, 3.63) is 35.9 Å². The smallest absolute Gasteiger partial charge is 0.243 e. The number of rotatable bonds is 6. The van der Waals surface area contributed by atoms with E-state index in [1.165, 1.54) is 31.2 Å². The van der Waals surface area contributed by atoms with E-state index in [4.69, 9.17) is 0 Å². The number of guanidine groups is 1. The van der Waals surface area contributed by atoms with Gasteiger partial charge in [-0.25, -0.2) is 4.99 Å². The third-order valence-corrected chi connectivity index (χ3v) is 7.51. The Hall–Kier alpha value is -2.08. The van der Waals surface area contributed by atoms with E-state index in [-0.39, 0.29) is 12.5 Å². The van der Waals surface area contributed by atoms with Gasteiger partial charge in [-0.15, -0.1) is 0 Å². The fourth-order valence-electron chi connectivity index (χ4n) is 5.62. The lowest BCUT2D eigenvalue weighted by molar-refractivity contribution is -0.127. The standard InChI is InChI=1S/C25H39N5O/c1-18-13-22(11-12-30(18)17-19-7-5-4-6-8-19)27-25(26-16-24(31)29(2)3)28-23-15-20-9-10-21(23)14-20/h4-8,18,20-23H,9-17H2,1-3H3,(H2,26,27,28). The van der Waals surface area contributed by atoms with Crippen molar-refractivity contribution in [2.75, 3.05) is 27.2 Å². The van der Waals surface area contributed by atoms with Crippen LogP contribution < -0.4 is 10.6 Å². The van der Waals surface area contributed by atoms with E-state index in [9.17, 15) is 4.79 Å². The highest BCUT2D eigenvalue weighted by atomic mass is 16.2. The first-order chi connectivity index (χ1) is 15.0. The third kappa shape index (κ3) is 5.79. The first-order valence-corrected chi connectivity index (χ1v) is 12.0. The van der Waals surface area contributed by atoms with Crippen LogP contribution in [-0.2, 0) is 11.3 Å². The van der Waals surface area contributed by atoms with E-state index in [2.05, 4.69) is 57.8 Å². The van der Waals surface area contributed by atoms with Crippen molar-refractivity contribution < 1.29 is 4.79 Å². The van der Waals surface area contributed by atoms with Gasteiger partial charge in [0.15, 0.2) is 5.96 Å². The van der Waals surface area contributed by atoms with Crippen molar-refractivity contribution in [3.63, 3.8) is 0 Å². The lowest BCUT2D eigenvalue weighted by Crippen LogP contribution is -2.53. The van der Waals surface area contributed by atoms with E-state index < -0.39 is 0 Å². The summed E-state index contributed by atoms with van der Waals surface area (Å²) in [5.41, 5.74) is 1.38. The first-order valence-electron chi connectivity index (χ1n) is 12.0. The number of carbonyl (C=O) groups is 1. The number of likely N-dealkylation sites (N-methyl/N-ethyl adjacent to an activating group) is 1. The topological polar surface area (TPSA) is 60.0 Å². The van der Waals surface area contributed by atoms with Crippen LogP contribution in [0.15, 0.2) is 35.3 Å². The van der Waals surface area contributed by atoms with Crippen LogP contribution in [0.1, 0.15) is 51.0 Å². The summed E-state index contributed by atoms with van der Waals surface area (Å²) in [4.78, 5) is 21.0. The van der Waals surface area contributed by atoms with Gasteiger partial charge >= 0.3 is 0 Å². The molecule has 5 unspecified atom stereocenters. The van der Waals surface area contributed by atoms with Gasteiger partial charge in [-0.1, -0.05) is 36.8 Å². The molecule has 31 heavy (non-hydrogen) atoms. The summed E-state index contributed by atoms with van der Waals surface area (Å²) in [7, 11) is 3.58. The van der Waals surface area contributed by atoms with Crippen molar-refractivity contribution in [3.8, 4) is 0 Å². The number of fused-ring (bicyclic) bond motifs is 2. The van der Waals surface area contributed by atoms with Crippen molar-refractivity contribution >= 4 is 11.9 Å². The summed E-state index contributed by atoms with van der Waals surface area (Å²) in [5, 5.41) is 7.40. The van der Waals surface area contributed by atoms with Gasteiger partial charge in [0.1, 0.15) is 6.54 Å². The van der Waals surface area contributed by atoms with Crippen LogP contribution in [0.4, 0.5) is 0 Å². The number of piperidine rings is 1. The lowest BCUT2D eigenvalue weighted by atomic mass is 9.95. The molecule has 2 bridgehead atoms.